The maximum Gasteiger partial charge on any atom is 0.422 e. The maximum absolute atomic E-state index is 13.5. The van der Waals surface area contributed by atoms with Crippen molar-refractivity contribution in [2.75, 3.05) is 5.32 Å². The van der Waals surface area contributed by atoms with E-state index in [0.717, 1.165) is 0 Å². The van der Waals surface area contributed by atoms with Crippen molar-refractivity contribution >= 4 is 11.7 Å². The average Bonchev–Trinajstić information content (AvgIpc) is 2.92. The zero-order chi connectivity index (χ0) is 18.8. The van der Waals surface area contributed by atoms with E-state index in [2.05, 4.69) is 20.7 Å². The highest BCUT2D eigenvalue weighted by Gasteiger charge is 2.38. The van der Waals surface area contributed by atoms with Crippen molar-refractivity contribution < 1.29 is 26.7 Å². The minimum absolute atomic E-state index is 0.394. The summed E-state index contributed by atoms with van der Waals surface area (Å²) in [5.74, 6) is -3.19. The van der Waals surface area contributed by atoms with Crippen molar-refractivity contribution in [2.45, 2.75) is 32.6 Å². The Morgan fingerprint density at radius 2 is 1.88 bits per heavy atom. The molecule has 11 heteroatoms. The van der Waals surface area contributed by atoms with Crippen LogP contribution < -0.4 is 10.6 Å². The van der Waals surface area contributed by atoms with Crippen molar-refractivity contribution in [1.82, 2.24) is 20.1 Å². The highest BCUT2D eigenvalue weighted by Crippen LogP contribution is 2.34. The van der Waals surface area contributed by atoms with E-state index in [1.54, 1.807) is 6.92 Å². The minimum Gasteiger partial charge on any atom is -0.328 e. The summed E-state index contributed by atoms with van der Waals surface area (Å²) in [5.41, 5.74) is -2.47. The largest absolute Gasteiger partial charge is 0.422 e. The first-order valence-electron chi connectivity index (χ1n) is 7.15. The van der Waals surface area contributed by atoms with E-state index >= 15 is 0 Å². The Morgan fingerprint density at radius 1 is 1.28 bits per heavy atom. The molecule has 1 aromatic heterocycles. The second-order valence-corrected chi connectivity index (χ2v) is 5.07. The smallest absolute Gasteiger partial charge is 0.328 e. The number of aryl methyl sites for hydroxylation is 1. The van der Waals surface area contributed by atoms with Crippen molar-refractivity contribution in [2.24, 2.45) is 0 Å². The molecule has 0 fully saturated rings. The predicted molar refractivity (Wildman–Crippen MR) is 77.6 cm³/mol. The number of alkyl halides is 3. The lowest BCUT2D eigenvalue weighted by Crippen LogP contribution is -2.32. The van der Waals surface area contributed by atoms with E-state index in [0.29, 0.717) is 24.5 Å². The molecule has 1 unspecified atom stereocenters. The van der Waals surface area contributed by atoms with Gasteiger partial charge < -0.3 is 10.6 Å². The zero-order valence-electron chi connectivity index (χ0n) is 13.2. The van der Waals surface area contributed by atoms with Gasteiger partial charge in [-0.05, 0) is 26.0 Å². The van der Waals surface area contributed by atoms with E-state index < -0.39 is 41.1 Å². The fourth-order valence-corrected chi connectivity index (χ4v) is 2.20. The third-order valence-corrected chi connectivity index (χ3v) is 3.26. The van der Waals surface area contributed by atoms with Gasteiger partial charge >= 0.3 is 12.2 Å². The number of amides is 2. The number of carbonyl (C=O) groups is 1. The Bertz CT molecular complexity index is 750. The van der Waals surface area contributed by atoms with Gasteiger partial charge in [0.05, 0.1) is 6.04 Å². The molecule has 1 heterocycles. The lowest BCUT2D eigenvalue weighted by atomic mass is 10.1. The van der Waals surface area contributed by atoms with Crippen LogP contribution in [-0.4, -0.2) is 20.8 Å². The number of anilines is 1. The highest BCUT2D eigenvalue weighted by atomic mass is 19.4. The van der Waals surface area contributed by atoms with Crippen LogP contribution in [0.15, 0.2) is 18.5 Å². The van der Waals surface area contributed by atoms with Crippen LogP contribution in [0, 0.1) is 11.6 Å². The number of hydrogen-bond acceptors (Lipinski definition) is 3. The summed E-state index contributed by atoms with van der Waals surface area (Å²) >= 11 is 0. The molecule has 0 bridgehead atoms. The Labute approximate surface area is 139 Å². The summed E-state index contributed by atoms with van der Waals surface area (Å²) in [6, 6.07) is -0.668. The van der Waals surface area contributed by atoms with Gasteiger partial charge in [0, 0.05) is 12.2 Å². The average molecular weight is 363 g/mol. The van der Waals surface area contributed by atoms with Gasteiger partial charge in [-0.15, -0.1) is 0 Å². The van der Waals surface area contributed by atoms with Gasteiger partial charge in [-0.3, -0.25) is 0 Å². The first-order valence-corrected chi connectivity index (χ1v) is 7.15. The van der Waals surface area contributed by atoms with Crippen LogP contribution in [-0.2, 0) is 12.7 Å². The van der Waals surface area contributed by atoms with E-state index in [1.165, 1.54) is 11.0 Å². The lowest BCUT2D eigenvalue weighted by molar-refractivity contribution is -0.142. The van der Waals surface area contributed by atoms with Crippen LogP contribution >= 0.6 is 0 Å². The van der Waals surface area contributed by atoms with Gasteiger partial charge in [-0.25, -0.2) is 23.2 Å². The third-order valence-electron chi connectivity index (χ3n) is 3.26. The first-order chi connectivity index (χ1) is 11.6. The number of aromatic nitrogens is 3. The molecule has 0 aliphatic carbocycles. The van der Waals surface area contributed by atoms with Gasteiger partial charge in [-0.2, -0.15) is 18.3 Å². The summed E-state index contributed by atoms with van der Waals surface area (Å²) in [6.07, 6.45) is -3.87. The standard InChI is InChI=1S/C14H14F5N5O/c1-3-24-12(20-6-21-24)7(2)22-13(25)23-8-4-9(15)11(10(16)5-8)14(17,18)19/h4-7H,3H2,1-2H3,(H2,22,23,25). The van der Waals surface area contributed by atoms with E-state index in [1.807, 2.05) is 6.92 Å². The molecule has 2 aromatic rings. The van der Waals surface area contributed by atoms with Crippen molar-refractivity contribution in [3.8, 4) is 0 Å². The Balaban J connectivity index is 2.11. The molecule has 0 saturated heterocycles. The van der Waals surface area contributed by atoms with E-state index in [4.69, 9.17) is 0 Å². The zero-order valence-corrected chi connectivity index (χ0v) is 13.2. The fraction of sp³-hybridized carbons (Fsp3) is 0.357. The minimum atomic E-state index is -5.17. The Hall–Kier alpha value is -2.72. The number of benzene rings is 1. The second kappa shape index (κ2) is 7.03. The van der Waals surface area contributed by atoms with Crippen LogP contribution in [0.2, 0.25) is 0 Å². The SMILES string of the molecule is CCn1ncnc1C(C)NC(=O)Nc1cc(F)c(C(F)(F)F)c(F)c1. The lowest BCUT2D eigenvalue weighted by Gasteiger charge is -2.15. The van der Waals surface area contributed by atoms with Crippen LogP contribution in [0.4, 0.5) is 32.4 Å². The molecule has 0 spiro atoms. The number of halogens is 5. The molecule has 25 heavy (non-hydrogen) atoms. The van der Waals surface area contributed by atoms with Gasteiger partial charge in [-0.1, -0.05) is 0 Å². The molecular weight excluding hydrogens is 349 g/mol. The first kappa shape index (κ1) is 18.6. The summed E-state index contributed by atoms with van der Waals surface area (Å²) in [5, 5.41) is 8.46. The number of nitrogens with one attached hydrogen (secondary N) is 2. The molecule has 1 aromatic carbocycles. The molecule has 136 valence electrons. The molecule has 1 atom stereocenters. The number of carbonyl (C=O) groups excluding carboxylic acids is 1. The molecule has 0 saturated carbocycles. The fourth-order valence-electron chi connectivity index (χ4n) is 2.20. The van der Waals surface area contributed by atoms with Crippen molar-refractivity contribution in [3.05, 3.63) is 41.5 Å². The summed E-state index contributed by atoms with van der Waals surface area (Å²) in [4.78, 5) is 15.9. The second-order valence-electron chi connectivity index (χ2n) is 5.07. The van der Waals surface area contributed by atoms with Crippen LogP contribution in [0.3, 0.4) is 0 Å². The molecular formula is C14H14F5N5O. The highest BCUT2D eigenvalue weighted by molar-refractivity contribution is 5.89. The number of nitrogens with zero attached hydrogens (tertiary/aromatic N) is 3. The molecule has 0 aliphatic rings. The third kappa shape index (κ3) is 4.22. The van der Waals surface area contributed by atoms with Gasteiger partial charge in [0.25, 0.3) is 0 Å². The van der Waals surface area contributed by atoms with Crippen LogP contribution in [0.1, 0.15) is 31.3 Å². The topological polar surface area (TPSA) is 71.8 Å². The van der Waals surface area contributed by atoms with E-state index in [-0.39, 0.29) is 0 Å². The maximum atomic E-state index is 13.5. The quantitative estimate of drug-likeness (QED) is 0.817. The van der Waals surface area contributed by atoms with Crippen LogP contribution in [0.5, 0.6) is 0 Å². The van der Waals surface area contributed by atoms with E-state index in [9.17, 15) is 26.7 Å². The predicted octanol–water partition coefficient (Wildman–Crippen LogP) is 3.48. The molecule has 2 amide bonds. The van der Waals surface area contributed by atoms with Gasteiger partial charge in [0.1, 0.15) is 29.3 Å². The van der Waals surface area contributed by atoms with Crippen molar-refractivity contribution in [3.63, 3.8) is 0 Å². The molecule has 2 rings (SSSR count). The van der Waals surface area contributed by atoms with Crippen LogP contribution in [0.25, 0.3) is 0 Å². The normalized spacial score (nSPS) is 12.8. The van der Waals surface area contributed by atoms with Gasteiger partial charge in [0.2, 0.25) is 0 Å². The Morgan fingerprint density at radius 3 is 2.40 bits per heavy atom. The number of urea groups is 1. The summed E-state index contributed by atoms with van der Waals surface area (Å²) in [7, 11) is 0. The molecule has 0 radical (unpaired) electrons. The number of rotatable bonds is 4. The summed E-state index contributed by atoms with van der Waals surface area (Å²) in [6.45, 7) is 3.93. The molecule has 0 aliphatic heterocycles. The monoisotopic (exact) mass is 363 g/mol. The summed E-state index contributed by atoms with van der Waals surface area (Å²) < 4.78 is 66.0. The Kier molecular flexibility index (Phi) is 5.24. The van der Waals surface area contributed by atoms with Crippen molar-refractivity contribution in [1.29, 1.82) is 0 Å². The van der Waals surface area contributed by atoms with Gasteiger partial charge in [0.15, 0.2) is 0 Å². The molecule has 6 nitrogen and oxygen atoms in total. The number of hydrogen-bond donors (Lipinski definition) is 2. The molecule has 2 N–H and O–H groups in total.